The number of rotatable bonds is 5. The summed E-state index contributed by atoms with van der Waals surface area (Å²) in [7, 11) is -3.26. The molecule has 0 bridgehead atoms. The molecule has 3 rings (SSSR count). The first kappa shape index (κ1) is 16.0. The Balaban J connectivity index is 1.68. The summed E-state index contributed by atoms with van der Waals surface area (Å²) >= 11 is 0. The van der Waals surface area contributed by atoms with Gasteiger partial charge in [-0.05, 0) is 55.2 Å². The van der Waals surface area contributed by atoms with E-state index < -0.39 is 9.84 Å². The molecule has 23 heavy (non-hydrogen) atoms. The van der Waals surface area contributed by atoms with Crippen LogP contribution in [-0.2, 0) is 14.6 Å². The molecule has 0 radical (unpaired) electrons. The first-order valence-corrected chi connectivity index (χ1v) is 9.42. The lowest BCUT2D eigenvalue weighted by Crippen LogP contribution is -2.23. The number of ether oxygens (including phenoxy) is 2. The molecule has 0 saturated carbocycles. The second-order valence-corrected chi connectivity index (χ2v) is 7.76. The van der Waals surface area contributed by atoms with Gasteiger partial charge in [0, 0.05) is 13.2 Å². The van der Waals surface area contributed by atoms with Crippen LogP contribution in [-0.4, -0.2) is 27.4 Å². The smallest absolute Gasteiger partial charge is 0.178 e. The summed E-state index contributed by atoms with van der Waals surface area (Å²) in [5, 5.41) is 0. The predicted molar refractivity (Wildman–Crippen MR) is 88.6 cm³/mol. The first-order chi connectivity index (χ1) is 11.1. The fourth-order valence-corrected chi connectivity index (χ4v) is 4.36. The Morgan fingerprint density at radius 1 is 0.913 bits per heavy atom. The minimum Gasteiger partial charge on any atom is -0.457 e. The van der Waals surface area contributed by atoms with Crippen molar-refractivity contribution in [3.05, 3.63) is 54.6 Å². The van der Waals surface area contributed by atoms with Crippen molar-refractivity contribution in [3.63, 3.8) is 0 Å². The number of benzene rings is 2. The van der Waals surface area contributed by atoms with Gasteiger partial charge in [-0.2, -0.15) is 0 Å². The van der Waals surface area contributed by atoms with Gasteiger partial charge in [0.25, 0.3) is 0 Å². The summed E-state index contributed by atoms with van der Waals surface area (Å²) in [5.41, 5.74) is 0. The maximum atomic E-state index is 12.5. The second-order valence-electron chi connectivity index (χ2n) is 5.72. The molecule has 2 aromatic rings. The lowest BCUT2D eigenvalue weighted by molar-refractivity contribution is 0.0723. The first-order valence-electron chi connectivity index (χ1n) is 7.77. The summed E-state index contributed by atoms with van der Waals surface area (Å²) < 4.78 is 35.9. The number of hydrogen-bond acceptors (Lipinski definition) is 4. The van der Waals surface area contributed by atoms with Crippen molar-refractivity contribution in [1.82, 2.24) is 0 Å². The summed E-state index contributed by atoms with van der Waals surface area (Å²) in [6.07, 6.45) is 1.63. The average molecular weight is 332 g/mol. The molecule has 122 valence electrons. The SMILES string of the molecule is O=S(=O)(CC1CCOCC1)c1ccc(Oc2ccccc2)cc1. The predicted octanol–water partition coefficient (Wildman–Crippen LogP) is 3.68. The molecular weight excluding hydrogens is 312 g/mol. The maximum Gasteiger partial charge on any atom is 0.178 e. The Hall–Kier alpha value is -1.85. The highest BCUT2D eigenvalue weighted by Crippen LogP contribution is 2.25. The summed E-state index contributed by atoms with van der Waals surface area (Å²) in [4.78, 5) is 0.351. The van der Waals surface area contributed by atoms with Gasteiger partial charge in [0.1, 0.15) is 11.5 Å². The van der Waals surface area contributed by atoms with Crippen molar-refractivity contribution in [2.45, 2.75) is 17.7 Å². The van der Waals surface area contributed by atoms with E-state index in [-0.39, 0.29) is 11.7 Å². The Morgan fingerprint density at radius 3 is 2.17 bits per heavy atom. The molecule has 1 saturated heterocycles. The van der Waals surface area contributed by atoms with Gasteiger partial charge in [0.05, 0.1) is 10.6 Å². The lowest BCUT2D eigenvalue weighted by Gasteiger charge is -2.21. The third-order valence-electron chi connectivity index (χ3n) is 3.96. The summed E-state index contributed by atoms with van der Waals surface area (Å²) in [5.74, 6) is 1.73. The highest BCUT2D eigenvalue weighted by Gasteiger charge is 2.23. The van der Waals surface area contributed by atoms with Crippen LogP contribution in [0.3, 0.4) is 0 Å². The van der Waals surface area contributed by atoms with E-state index in [0.29, 0.717) is 23.9 Å². The third-order valence-corrected chi connectivity index (χ3v) is 5.86. The molecule has 4 nitrogen and oxygen atoms in total. The van der Waals surface area contributed by atoms with Gasteiger partial charge < -0.3 is 9.47 Å². The molecule has 0 aliphatic carbocycles. The molecule has 0 aromatic heterocycles. The molecule has 2 aromatic carbocycles. The molecule has 5 heteroatoms. The van der Waals surface area contributed by atoms with E-state index >= 15 is 0 Å². The minimum atomic E-state index is -3.26. The van der Waals surface area contributed by atoms with Gasteiger partial charge in [-0.1, -0.05) is 18.2 Å². The van der Waals surface area contributed by atoms with Crippen LogP contribution in [0.25, 0.3) is 0 Å². The van der Waals surface area contributed by atoms with Crippen LogP contribution < -0.4 is 4.74 Å². The highest BCUT2D eigenvalue weighted by molar-refractivity contribution is 7.91. The zero-order valence-electron chi connectivity index (χ0n) is 12.9. The van der Waals surface area contributed by atoms with Crippen molar-refractivity contribution in [1.29, 1.82) is 0 Å². The molecule has 1 heterocycles. The largest absolute Gasteiger partial charge is 0.457 e. The molecule has 1 aliphatic heterocycles. The van der Waals surface area contributed by atoms with Crippen LogP contribution in [0.2, 0.25) is 0 Å². The summed E-state index contributed by atoms with van der Waals surface area (Å²) in [6.45, 7) is 1.31. The van der Waals surface area contributed by atoms with Crippen molar-refractivity contribution in [2.24, 2.45) is 5.92 Å². The van der Waals surface area contributed by atoms with Crippen LogP contribution in [0.5, 0.6) is 11.5 Å². The van der Waals surface area contributed by atoms with Gasteiger partial charge in [0.2, 0.25) is 0 Å². The Kier molecular flexibility index (Phi) is 4.98. The van der Waals surface area contributed by atoms with Crippen LogP contribution in [0.15, 0.2) is 59.5 Å². The Morgan fingerprint density at radius 2 is 1.52 bits per heavy atom. The topological polar surface area (TPSA) is 52.6 Å². The van der Waals surface area contributed by atoms with E-state index in [1.165, 1.54) is 0 Å². The van der Waals surface area contributed by atoms with Crippen LogP contribution in [0, 0.1) is 5.92 Å². The third kappa shape index (κ3) is 4.33. The van der Waals surface area contributed by atoms with Crippen molar-refractivity contribution in [3.8, 4) is 11.5 Å². The standard InChI is InChI=1S/C18H20O4S/c19-23(20,14-15-10-12-21-13-11-15)18-8-6-17(7-9-18)22-16-4-2-1-3-5-16/h1-9,15H,10-14H2. The number of para-hydroxylation sites is 1. The van der Waals surface area contributed by atoms with Gasteiger partial charge in [0.15, 0.2) is 9.84 Å². The van der Waals surface area contributed by atoms with Crippen LogP contribution in [0.4, 0.5) is 0 Å². The number of sulfone groups is 1. The lowest BCUT2D eigenvalue weighted by atomic mass is 10.0. The van der Waals surface area contributed by atoms with E-state index in [9.17, 15) is 8.42 Å². The fraction of sp³-hybridized carbons (Fsp3) is 0.333. The monoisotopic (exact) mass is 332 g/mol. The minimum absolute atomic E-state index is 0.189. The van der Waals surface area contributed by atoms with Gasteiger partial charge in [-0.15, -0.1) is 0 Å². The van der Waals surface area contributed by atoms with Gasteiger partial charge >= 0.3 is 0 Å². The van der Waals surface area contributed by atoms with E-state index in [4.69, 9.17) is 9.47 Å². The number of hydrogen-bond donors (Lipinski definition) is 0. The molecule has 0 unspecified atom stereocenters. The van der Waals surface area contributed by atoms with Gasteiger partial charge in [-0.3, -0.25) is 0 Å². The van der Waals surface area contributed by atoms with E-state index in [2.05, 4.69) is 0 Å². The molecule has 1 fully saturated rings. The molecule has 0 amide bonds. The van der Waals surface area contributed by atoms with Gasteiger partial charge in [-0.25, -0.2) is 8.42 Å². The molecule has 0 spiro atoms. The molecular formula is C18H20O4S. The maximum absolute atomic E-state index is 12.5. The quantitative estimate of drug-likeness (QED) is 0.838. The van der Waals surface area contributed by atoms with Crippen molar-refractivity contribution < 1.29 is 17.9 Å². The highest BCUT2D eigenvalue weighted by atomic mass is 32.2. The van der Waals surface area contributed by atoms with E-state index in [1.54, 1.807) is 24.3 Å². The Bertz CT molecular complexity index is 717. The van der Waals surface area contributed by atoms with Crippen LogP contribution in [0.1, 0.15) is 12.8 Å². The van der Waals surface area contributed by atoms with E-state index in [1.807, 2.05) is 30.3 Å². The normalized spacial score (nSPS) is 16.2. The average Bonchev–Trinajstić information content (AvgIpc) is 2.57. The summed E-state index contributed by atoms with van der Waals surface area (Å²) in [6, 6.07) is 16.0. The van der Waals surface area contributed by atoms with Crippen molar-refractivity contribution >= 4 is 9.84 Å². The second kappa shape index (κ2) is 7.15. The zero-order valence-corrected chi connectivity index (χ0v) is 13.7. The van der Waals surface area contributed by atoms with E-state index in [0.717, 1.165) is 18.6 Å². The molecule has 0 N–H and O–H groups in total. The zero-order chi connectivity index (χ0) is 16.1. The molecule has 0 atom stereocenters. The van der Waals surface area contributed by atoms with Crippen LogP contribution >= 0.6 is 0 Å². The molecule has 1 aliphatic rings. The van der Waals surface area contributed by atoms with Crippen molar-refractivity contribution in [2.75, 3.05) is 19.0 Å². The fourth-order valence-electron chi connectivity index (χ4n) is 2.66. The Labute approximate surface area is 137 Å².